The van der Waals surface area contributed by atoms with Crippen molar-refractivity contribution in [2.75, 3.05) is 9.80 Å². The molecule has 2 heteroatoms. The van der Waals surface area contributed by atoms with Gasteiger partial charge in [0.05, 0.1) is 11.4 Å². The first-order valence-electron chi connectivity index (χ1n) is 17.8. The van der Waals surface area contributed by atoms with Gasteiger partial charge in [-0.15, -0.1) is 0 Å². The minimum absolute atomic E-state index is 1.16. The van der Waals surface area contributed by atoms with Crippen LogP contribution in [0.15, 0.2) is 109 Å². The number of aryl methyl sites for hydroxylation is 8. The highest BCUT2D eigenvalue weighted by Crippen LogP contribution is 2.51. The van der Waals surface area contributed by atoms with Crippen molar-refractivity contribution < 1.29 is 0 Å². The van der Waals surface area contributed by atoms with Crippen molar-refractivity contribution in [1.29, 1.82) is 0 Å². The SMILES string of the molecule is Cc1ccc(N(c2cc(C)c(C)c(C)c2)c2c3ccccc3c(N(c3ccc(C)c(C)c3)c3cc(C)c(C)c(C)c3)c3ccccc23)cc1C. The summed E-state index contributed by atoms with van der Waals surface area (Å²) in [4.78, 5) is 5.00. The lowest BCUT2D eigenvalue weighted by atomic mass is 9.94. The van der Waals surface area contributed by atoms with Crippen molar-refractivity contribution in [3.8, 4) is 0 Å². The molecule has 0 spiro atoms. The van der Waals surface area contributed by atoms with Crippen LogP contribution in [0.2, 0.25) is 0 Å². The quantitative estimate of drug-likeness (QED) is 0.130. The molecule has 0 bridgehead atoms. The summed E-state index contributed by atoms with van der Waals surface area (Å²) >= 11 is 0. The summed E-state index contributed by atoms with van der Waals surface area (Å²) in [6.07, 6.45) is 0. The Balaban J connectivity index is 1.64. The Morgan fingerprint density at radius 3 is 0.840 bits per heavy atom. The van der Waals surface area contributed by atoms with Gasteiger partial charge in [-0.3, -0.25) is 0 Å². The van der Waals surface area contributed by atoms with Gasteiger partial charge in [-0.1, -0.05) is 60.7 Å². The molecule has 7 aromatic carbocycles. The van der Waals surface area contributed by atoms with E-state index >= 15 is 0 Å². The molecule has 0 aliphatic heterocycles. The summed E-state index contributed by atoms with van der Waals surface area (Å²) in [7, 11) is 0. The first-order valence-corrected chi connectivity index (χ1v) is 17.8. The molecule has 0 amide bonds. The zero-order valence-corrected chi connectivity index (χ0v) is 31.3. The second kappa shape index (κ2) is 12.8. The van der Waals surface area contributed by atoms with Crippen LogP contribution < -0.4 is 9.80 Å². The summed E-state index contributed by atoms with van der Waals surface area (Å²) in [5, 5.41) is 4.85. The van der Waals surface area contributed by atoms with Crippen LogP contribution in [-0.4, -0.2) is 0 Å². The van der Waals surface area contributed by atoms with Crippen LogP contribution in [-0.2, 0) is 0 Å². The number of rotatable bonds is 6. The van der Waals surface area contributed by atoms with Gasteiger partial charge in [0.15, 0.2) is 0 Å². The predicted molar refractivity (Wildman–Crippen MR) is 218 cm³/mol. The lowest BCUT2D eigenvalue weighted by Crippen LogP contribution is -2.15. The van der Waals surface area contributed by atoms with Gasteiger partial charge in [-0.2, -0.15) is 0 Å². The Morgan fingerprint density at radius 2 is 0.560 bits per heavy atom. The Bertz CT molecular complexity index is 2170. The van der Waals surface area contributed by atoms with Gasteiger partial charge in [0, 0.05) is 44.3 Å². The van der Waals surface area contributed by atoms with Gasteiger partial charge in [-0.25, -0.2) is 0 Å². The molecular formula is C48H48N2. The number of benzene rings is 7. The minimum atomic E-state index is 1.16. The van der Waals surface area contributed by atoms with E-state index in [1.807, 2.05) is 0 Å². The first-order chi connectivity index (χ1) is 23.9. The van der Waals surface area contributed by atoms with Crippen LogP contribution in [0.1, 0.15) is 55.6 Å². The number of fused-ring (bicyclic) bond motifs is 2. The smallest absolute Gasteiger partial charge is 0.0619 e. The van der Waals surface area contributed by atoms with Crippen molar-refractivity contribution in [1.82, 2.24) is 0 Å². The summed E-state index contributed by atoms with van der Waals surface area (Å²) in [6.45, 7) is 22.2. The third-order valence-corrected chi connectivity index (χ3v) is 11.2. The van der Waals surface area contributed by atoms with E-state index in [0.717, 1.165) is 11.4 Å². The summed E-state index contributed by atoms with van der Waals surface area (Å²) in [5.74, 6) is 0. The number of hydrogen-bond donors (Lipinski definition) is 0. The van der Waals surface area contributed by atoms with Crippen LogP contribution in [0.4, 0.5) is 34.1 Å². The fraction of sp³-hybridized carbons (Fsp3) is 0.208. The van der Waals surface area contributed by atoms with Crippen LogP contribution >= 0.6 is 0 Å². The van der Waals surface area contributed by atoms with Gasteiger partial charge in [-0.05, 0) is 173 Å². The molecule has 0 saturated heterocycles. The molecule has 0 atom stereocenters. The van der Waals surface area contributed by atoms with Crippen molar-refractivity contribution >= 4 is 55.7 Å². The summed E-state index contributed by atoms with van der Waals surface area (Å²) in [5.41, 5.74) is 20.1. The Hall–Kier alpha value is -5.34. The average Bonchev–Trinajstić information content (AvgIpc) is 3.10. The molecule has 0 unspecified atom stereocenters. The molecule has 0 heterocycles. The zero-order chi connectivity index (χ0) is 35.4. The molecule has 0 saturated carbocycles. The molecule has 0 aliphatic carbocycles. The number of hydrogen-bond acceptors (Lipinski definition) is 2. The van der Waals surface area contributed by atoms with Crippen molar-refractivity contribution in [3.05, 3.63) is 165 Å². The van der Waals surface area contributed by atoms with Crippen LogP contribution in [0.25, 0.3) is 21.5 Å². The highest BCUT2D eigenvalue weighted by atomic mass is 15.2. The van der Waals surface area contributed by atoms with E-state index in [9.17, 15) is 0 Å². The molecule has 50 heavy (non-hydrogen) atoms. The Morgan fingerprint density at radius 1 is 0.280 bits per heavy atom. The number of nitrogens with zero attached hydrogens (tertiary/aromatic N) is 2. The minimum Gasteiger partial charge on any atom is -0.309 e. The van der Waals surface area contributed by atoms with Gasteiger partial charge >= 0.3 is 0 Å². The van der Waals surface area contributed by atoms with Gasteiger partial charge in [0.25, 0.3) is 0 Å². The zero-order valence-electron chi connectivity index (χ0n) is 31.3. The maximum atomic E-state index is 2.50. The van der Waals surface area contributed by atoms with Crippen LogP contribution in [0.3, 0.4) is 0 Å². The van der Waals surface area contributed by atoms with Crippen molar-refractivity contribution in [2.45, 2.75) is 69.2 Å². The van der Waals surface area contributed by atoms with Crippen molar-refractivity contribution in [2.24, 2.45) is 0 Å². The van der Waals surface area contributed by atoms with E-state index in [0.29, 0.717) is 0 Å². The molecule has 2 nitrogen and oxygen atoms in total. The van der Waals surface area contributed by atoms with Crippen LogP contribution in [0, 0.1) is 69.2 Å². The summed E-state index contributed by atoms with van der Waals surface area (Å²) < 4.78 is 0. The molecule has 0 aromatic heterocycles. The van der Waals surface area contributed by atoms with E-state index in [1.165, 1.54) is 99.9 Å². The second-order valence-electron chi connectivity index (χ2n) is 14.4. The highest BCUT2D eigenvalue weighted by Gasteiger charge is 2.26. The normalized spacial score (nSPS) is 11.4. The second-order valence-corrected chi connectivity index (χ2v) is 14.4. The fourth-order valence-corrected chi connectivity index (χ4v) is 7.39. The molecule has 0 fully saturated rings. The summed E-state index contributed by atoms with van der Waals surface area (Å²) in [6, 6.07) is 41.2. The highest BCUT2D eigenvalue weighted by molar-refractivity contribution is 6.23. The monoisotopic (exact) mass is 652 g/mol. The molecule has 7 aromatic rings. The largest absolute Gasteiger partial charge is 0.309 e. The predicted octanol–water partition coefficient (Wildman–Crippen LogP) is 14.0. The number of anilines is 6. The molecule has 7 rings (SSSR count). The maximum Gasteiger partial charge on any atom is 0.0619 e. The fourth-order valence-electron chi connectivity index (χ4n) is 7.39. The van der Waals surface area contributed by atoms with Crippen molar-refractivity contribution in [3.63, 3.8) is 0 Å². The third kappa shape index (κ3) is 5.63. The molecule has 0 radical (unpaired) electrons. The van der Waals surface area contributed by atoms with Gasteiger partial charge < -0.3 is 9.80 Å². The first kappa shape index (κ1) is 33.2. The van der Waals surface area contributed by atoms with Gasteiger partial charge in [0.1, 0.15) is 0 Å². The standard InChI is InChI=1S/C48H48N2/c1-29-19-21-39(23-31(29)3)49(41-25-33(5)37(9)34(6)26-41)47-43-15-11-13-17-45(43)48(46-18-14-12-16-44(46)47)50(40-22-20-30(2)32(4)24-40)42-27-35(7)38(10)36(8)28-42/h11-28H,1-10H3. The Labute approximate surface area is 298 Å². The lowest BCUT2D eigenvalue weighted by molar-refractivity contribution is 1.21. The molecule has 0 aliphatic rings. The lowest BCUT2D eigenvalue weighted by Gasteiger charge is -2.34. The average molecular weight is 653 g/mol. The third-order valence-electron chi connectivity index (χ3n) is 11.2. The topological polar surface area (TPSA) is 6.48 Å². The van der Waals surface area contributed by atoms with Gasteiger partial charge in [0.2, 0.25) is 0 Å². The van der Waals surface area contributed by atoms with Crippen LogP contribution in [0.5, 0.6) is 0 Å². The van der Waals surface area contributed by atoms with E-state index in [2.05, 4.69) is 188 Å². The maximum absolute atomic E-state index is 2.50. The molecule has 250 valence electrons. The van der Waals surface area contributed by atoms with E-state index < -0.39 is 0 Å². The van der Waals surface area contributed by atoms with E-state index in [4.69, 9.17) is 0 Å². The van der Waals surface area contributed by atoms with E-state index in [-0.39, 0.29) is 0 Å². The molecular weight excluding hydrogens is 605 g/mol. The Kier molecular flexibility index (Phi) is 8.52. The van der Waals surface area contributed by atoms with E-state index in [1.54, 1.807) is 0 Å². The molecule has 0 N–H and O–H groups in total.